The Kier molecular flexibility index (Phi) is 4.33. The van der Waals surface area contributed by atoms with Crippen molar-refractivity contribution in [1.29, 1.82) is 0 Å². The molecule has 0 amide bonds. The Bertz CT molecular complexity index is 479. The minimum absolute atomic E-state index is 0.0181. The van der Waals surface area contributed by atoms with E-state index in [9.17, 15) is 8.42 Å². The number of ether oxygens (including phenoxy) is 1. The maximum atomic E-state index is 12.1. The standard InChI is InChI=1S/C10H18N4O3S/c1-11-5-8-6-12-14-10(8)18(15,16)13-7-9-3-2-4-17-9/h6,9,11,13H,2-5,7H2,1H3,(H,12,14). The molecule has 8 heteroatoms. The van der Waals surface area contributed by atoms with Crippen molar-refractivity contribution in [2.75, 3.05) is 20.2 Å². The lowest BCUT2D eigenvalue weighted by atomic mass is 10.2. The van der Waals surface area contributed by atoms with Gasteiger partial charge in [0.1, 0.15) is 0 Å². The number of hydrogen-bond donors (Lipinski definition) is 3. The molecule has 1 aromatic heterocycles. The molecule has 0 aromatic carbocycles. The van der Waals surface area contributed by atoms with Crippen LogP contribution >= 0.6 is 0 Å². The van der Waals surface area contributed by atoms with Gasteiger partial charge in [0.15, 0.2) is 5.03 Å². The van der Waals surface area contributed by atoms with Gasteiger partial charge in [0.25, 0.3) is 10.0 Å². The van der Waals surface area contributed by atoms with E-state index in [1.807, 2.05) is 0 Å². The van der Waals surface area contributed by atoms with Crippen molar-refractivity contribution < 1.29 is 13.2 Å². The van der Waals surface area contributed by atoms with Gasteiger partial charge in [-0.3, -0.25) is 5.10 Å². The Morgan fingerprint density at radius 1 is 1.61 bits per heavy atom. The predicted octanol–water partition coefficient (Wildman–Crippen LogP) is -0.414. The Labute approximate surface area is 106 Å². The summed E-state index contributed by atoms with van der Waals surface area (Å²) in [5.74, 6) is 0. The summed E-state index contributed by atoms with van der Waals surface area (Å²) in [6.07, 6.45) is 3.38. The zero-order valence-corrected chi connectivity index (χ0v) is 11.1. The summed E-state index contributed by atoms with van der Waals surface area (Å²) in [7, 11) is -1.79. The molecule has 3 N–H and O–H groups in total. The fraction of sp³-hybridized carbons (Fsp3) is 0.700. The monoisotopic (exact) mass is 274 g/mol. The average molecular weight is 274 g/mol. The number of nitrogens with zero attached hydrogens (tertiary/aromatic N) is 1. The van der Waals surface area contributed by atoms with Crippen molar-refractivity contribution in [2.24, 2.45) is 0 Å². The summed E-state index contributed by atoms with van der Waals surface area (Å²) >= 11 is 0. The van der Waals surface area contributed by atoms with Crippen LogP contribution < -0.4 is 10.0 Å². The first kappa shape index (κ1) is 13.5. The van der Waals surface area contributed by atoms with Crippen molar-refractivity contribution in [1.82, 2.24) is 20.2 Å². The number of aromatic nitrogens is 2. The summed E-state index contributed by atoms with van der Waals surface area (Å²) in [4.78, 5) is 0. The van der Waals surface area contributed by atoms with E-state index in [1.165, 1.54) is 6.20 Å². The molecule has 0 spiro atoms. The fourth-order valence-electron chi connectivity index (χ4n) is 1.93. The number of hydrogen-bond acceptors (Lipinski definition) is 5. The zero-order chi connectivity index (χ0) is 13.0. The van der Waals surface area contributed by atoms with Crippen molar-refractivity contribution >= 4 is 10.0 Å². The average Bonchev–Trinajstić information content (AvgIpc) is 2.97. The van der Waals surface area contributed by atoms with Gasteiger partial charge in [-0.2, -0.15) is 5.10 Å². The first-order valence-electron chi connectivity index (χ1n) is 5.91. The molecule has 1 saturated heterocycles. The Morgan fingerprint density at radius 3 is 3.11 bits per heavy atom. The molecular weight excluding hydrogens is 256 g/mol. The SMILES string of the molecule is CNCc1cn[nH]c1S(=O)(=O)NCC1CCCO1. The number of rotatable bonds is 6. The van der Waals surface area contributed by atoms with Crippen LogP contribution in [0.2, 0.25) is 0 Å². The third-order valence-electron chi connectivity index (χ3n) is 2.84. The first-order chi connectivity index (χ1) is 8.63. The van der Waals surface area contributed by atoms with E-state index in [0.717, 1.165) is 12.8 Å². The van der Waals surface area contributed by atoms with Gasteiger partial charge in [-0.1, -0.05) is 0 Å². The molecule has 1 aliphatic rings. The van der Waals surface area contributed by atoms with E-state index in [-0.39, 0.29) is 11.1 Å². The molecule has 1 unspecified atom stereocenters. The molecule has 2 heterocycles. The van der Waals surface area contributed by atoms with Gasteiger partial charge in [0.05, 0.1) is 12.3 Å². The van der Waals surface area contributed by atoms with Crippen LogP contribution in [0, 0.1) is 0 Å². The van der Waals surface area contributed by atoms with E-state index in [4.69, 9.17) is 4.74 Å². The van der Waals surface area contributed by atoms with Gasteiger partial charge >= 0.3 is 0 Å². The smallest absolute Gasteiger partial charge is 0.257 e. The summed E-state index contributed by atoms with van der Waals surface area (Å²) in [5, 5.41) is 9.32. The van der Waals surface area contributed by atoms with Crippen molar-refractivity contribution in [3.8, 4) is 0 Å². The topological polar surface area (TPSA) is 96.1 Å². The third kappa shape index (κ3) is 3.08. The first-order valence-corrected chi connectivity index (χ1v) is 7.40. The van der Waals surface area contributed by atoms with Crippen LogP contribution in [0.15, 0.2) is 11.2 Å². The van der Waals surface area contributed by atoms with Gasteiger partial charge in [0.2, 0.25) is 0 Å². The van der Waals surface area contributed by atoms with E-state index in [1.54, 1.807) is 7.05 Å². The normalized spacial score (nSPS) is 20.4. The highest BCUT2D eigenvalue weighted by molar-refractivity contribution is 7.89. The lowest BCUT2D eigenvalue weighted by molar-refractivity contribution is 0.114. The van der Waals surface area contributed by atoms with Crippen molar-refractivity contribution in [2.45, 2.75) is 30.5 Å². The van der Waals surface area contributed by atoms with Crippen LogP contribution in [-0.4, -0.2) is 44.9 Å². The number of aromatic amines is 1. The molecule has 102 valence electrons. The second kappa shape index (κ2) is 5.79. The van der Waals surface area contributed by atoms with Crippen LogP contribution in [0.4, 0.5) is 0 Å². The van der Waals surface area contributed by atoms with Gasteiger partial charge in [0, 0.05) is 25.3 Å². The van der Waals surface area contributed by atoms with Crippen molar-refractivity contribution in [3.05, 3.63) is 11.8 Å². The maximum Gasteiger partial charge on any atom is 0.257 e. The molecule has 0 saturated carbocycles. The molecule has 1 aliphatic heterocycles. The summed E-state index contributed by atoms with van der Waals surface area (Å²) in [6, 6.07) is 0. The van der Waals surface area contributed by atoms with Gasteiger partial charge < -0.3 is 10.1 Å². The summed E-state index contributed by atoms with van der Waals surface area (Å²) in [6.45, 7) is 1.47. The van der Waals surface area contributed by atoms with E-state index >= 15 is 0 Å². The van der Waals surface area contributed by atoms with Gasteiger partial charge in [-0.05, 0) is 19.9 Å². The van der Waals surface area contributed by atoms with Gasteiger partial charge in [-0.15, -0.1) is 0 Å². The maximum absolute atomic E-state index is 12.1. The minimum atomic E-state index is -3.55. The summed E-state index contributed by atoms with van der Waals surface area (Å²) in [5.41, 5.74) is 0.623. The van der Waals surface area contributed by atoms with Gasteiger partial charge in [-0.25, -0.2) is 13.1 Å². The lowest BCUT2D eigenvalue weighted by Crippen LogP contribution is -2.32. The molecular formula is C10H18N4O3S. The van der Waals surface area contributed by atoms with Crippen LogP contribution in [-0.2, 0) is 21.3 Å². The minimum Gasteiger partial charge on any atom is -0.377 e. The van der Waals surface area contributed by atoms with Crippen LogP contribution in [0.1, 0.15) is 18.4 Å². The third-order valence-corrected chi connectivity index (χ3v) is 4.28. The molecule has 18 heavy (non-hydrogen) atoms. The Balaban J connectivity index is 2.02. The molecule has 1 fully saturated rings. The van der Waals surface area contributed by atoms with Crippen LogP contribution in [0.25, 0.3) is 0 Å². The molecule has 1 aromatic rings. The van der Waals surface area contributed by atoms with Crippen LogP contribution in [0.5, 0.6) is 0 Å². The van der Waals surface area contributed by atoms with E-state index in [2.05, 4.69) is 20.2 Å². The quantitative estimate of drug-likeness (QED) is 0.655. The molecule has 0 radical (unpaired) electrons. The van der Waals surface area contributed by atoms with E-state index < -0.39 is 10.0 Å². The van der Waals surface area contributed by atoms with Crippen LogP contribution in [0.3, 0.4) is 0 Å². The zero-order valence-electron chi connectivity index (χ0n) is 10.3. The van der Waals surface area contributed by atoms with E-state index in [0.29, 0.717) is 25.3 Å². The molecule has 0 aliphatic carbocycles. The Morgan fingerprint density at radius 2 is 2.44 bits per heavy atom. The highest BCUT2D eigenvalue weighted by atomic mass is 32.2. The highest BCUT2D eigenvalue weighted by Gasteiger charge is 2.23. The molecule has 1 atom stereocenters. The molecule has 7 nitrogen and oxygen atoms in total. The second-order valence-corrected chi connectivity index (χ2v) is 5.95. The number of sulfonamides is 1. The number of H-pyrrole nitrogens is 1. The highest BCUT2D eigenvalue weighted by Crippen LogP contribution is 2.14. The van der Waals surface area contributed by atoms with Crippen molar-refractivity contribution in [3.63, 3.8) is 0 Å². The molecule has 2 rings (SSSR count). The lowest BCUT2D eigenvalue weighted by Gasteiger charge is -2.11. The predicted molar refractivity (Wildman–Crippen MR) is 65.5 cm³/mol. The fourth-order valence-corrected chi connectivity index (χ4v) is 3.12. The molecule has 0 bridgehead atoms. The Hall–Kier alpha value is -0.960. The second-order valence-electron chi connectivity index (χ2n) is 4.24. The number of nitrogens with one attached hydrogen (secondary N) is 3. The largest absolute Gasteiger partial charge is 0.377 e. The summed E-state index contributed by atoms with van der Waals surface area (Å²) < 4.78 is 32.1.